The molecule has 16 heteroatoms. The van der Waals surface area contributed by atoms with Gasteiger partial charge in [0.25, 0.3) is 5.69 Å². The number of hydrogen-bond donors (Lipinski definition) is 3. The summed E-state index contributed by atoms with van der Waals surface area (Å²) in [7, 11) is 2.59. The van der Waals surface area contributed by atoms with Gasteiger partial charge in [0.05, 0.1) is 47.3 Å². The second kappa shape index (κ2) is 15.1. The number of carbonyl (C=O) groups is 3. The normalized spacial score (nSPS) is 17.4. The zero-order valence-corrected chi connectivity index (χ0v) is 27.1. The van der Waals surface area contributed by atoms with Gasteiger partial charge in [-0.2, -0.15) is 0 Å². The molecule has 0 saturated carbocycles. The van der Waals surface area contributed by atoms with E-state index in [4.69, 9.17) is 9.47 Å². The van der Waals surface area contributed by atoms with E-state index >= 15 is 0 Å². The molecule has 3 heterocycles. The van der Waals surface area contributed by atoms with E-state index in [0.29, 0.717) is 25.1 Å². The van der Waals surface area contributed by atoms with Crippen molar-refractivity contribution in [3.05, 3.63) is 68.1 Å². The minimum atomic E-state index is -0.587. The van der Waals surface area contributed by atoms with E-state index in [1.54, 1.807) is 48.4 Å². The van der Waals surface area contributed by atoms with E-state index in [-0.39, 0.29) is 47.1 Å². The molecule has 0 unspecified atom stereocenters. The van der Waals surface area contributed by atoms with Crippen molar-refractivity contribution in [2.45, 2.75) is 51.3 Å². The molecule has 2 saturated heterocycles. The lowest BCUT2D eigenvalue weighted by molar-refractivity contribution is -0.384. The lowest BCUT2D eigenvalue weighted by Crippen LogP contribution is -2.36. The van der Waals surface area contributed by atoms with Gasteiger partial charge in [-0.1, -0.05) is 0 Å². The quantitative estimate of drug-likeness (QED) is 0.150. The molecule has 2 aliphatic heterocycles. The summed E-state index contributed by atoms with van der Waals surface area (Å²) in [5.41, 5.74) is 1.51. The van der Waals surface area contributed by atoms with Crippen molar-refractivity contribution in [1.29, 1.82) is 0 Å². The number of ether oxygens (including phenoxy) is 3. The maximum absolute atomic E-state index is 12.1. The van der Waals surface area contributed by atoms with Crippen LogP contribution < -0.4 is 16.3 Å². The van der Waals surface area contributed by atoms with Crippen molar-refractivity contribution < 1.29 is 33.5 Å². The number of nitrogens with one attached hydrogen (secondary N) is 3. The van der Waals surface area contributed by atoms with Crippen LogP contribution in [0.5, 0.6) is 0 Å². The van der Waals surface area contributed by atoms with E-state index in [0.717, 1.165) is 30.5 Å². The average molecular weight is 663 g/mol. The first-order valence-electron chi connectivity index (χ1n) is 14.5. The number of halogens is 1. The molecule has 250 valence electrons. The Labute approximate surface area is 271 Å². The zero-order valence-electron chi connectivity index (χ0n) is 26.3. The number of fused-ring (bicyclic) bond motifs is 1. The smallest absolute Gasteiger partial charge is 0.410 e. The number of aromatic amines is 1. The van der Waals surface area contributed by atoms with Crippen LogP contribution in [0.1, 0.15) is 60.4 Å². The number of esters is 2. The summed E-state index contributed by atoms with van der Waals surface area (Å²) < 4.78 is 16.4. The number of likely N-dealkylation sites (tertiary alicyclic amines) is 1. The summed E-state index contributed by atoms with van der Waals surface area (Å²) >= 11 is 0. The summed E-state index contributed by atoms with van der Waals surface area (Å²) in [6.45, 7) is 7.89. The fourth-order valence-electron chi connectivity index (χ4n) is 5.23. The van der Waals surface area contributed by atoms with Crippen LogP contribution in [0.4, 0.5) is 16.2 Å². The molecule has 0 spiro atoms. The molecular formula is C30H39ClN6O9. The van der Waals surface area contributed by atoms with Gasteiger partial charge in [0, 0.05) is 31.7 Å². The molecule has 1 amide bonds. The Hall–Kier alpha value is -4.63. The van der Waals surface area contributed by atoms with Crippen molar-refractivity contribution in [1.82, 2.24) is 19.8 Å². The molecule has 15 nitrogen and oxygen atoms in total. The number of amides is 1. The summed E-state index contributed by atoms with van der Waals surface area (Å²) in [5, 5.41) is 17.5. The van der Waals surface area contributed by atoms with Gasteiger partial charge < -0.3 is 34.7 Å². The van der Waals surface area contributed by atoms with E-state index in [1.807, 2.05) is 0 Å². The molecule has 2 fully saturated rings. The van der Waals surface area contributed by atoms with Crippen LogP contribution in [-0.2, 0) is 14.2 Å². The highest BCUT2D eigenvalue weighted by atomic mass is 35.5. The van der Waals surface area contributed by atoms with Gasteiger partial charge in [0.2, 0.25) is 0 Å². The third kappa shape index (κ3) is 8.54. The number of imidazole rings is 1. The third-order valence-corrected chi connectivity index (χ3v) is 7.35. The maximum atomic E-state index is 12.1. The van der Waals surface area contributed by atoms with Crippen molar-refractivity contribution in [2.24, 2.45) is 0 Å². The Bertz CT molecular complexity index is 1640. The predicted octanol–water partition coefficient (Wildman–Crippen LogP) is 3.88. The zero-order chi connectivity index (χ0) is 32.9. The van der Waals surface area contributed by atoms with Gasteiger partial charge in [-0.15, -0.1) is 12.4 Å². The van der Waals surface area contributed by atoms with Gasteiger partial charge >= 0.3 is 23.7 Å². The van der Waals surface area contributed by atoms with Gasteiger partial charge in [-0.3, -0.25) is 14.7 Å². The van der Waals surface area contributed by atoms with Crippen LogP contribution in [0.25, 0.3) is 11.0 Å². The molecule has 2 aromatic carbocycles. The van der Waals surface area contributed by atoms with E-state index in [2.05, 4.69) is 20.4 Å². The Morgan fingerprint density at radius 1 is 1.02 bits per heavy atom. The molecule has 2 atom stereocenters. The lowest BCUT2D eigenvalue weighted by atomic mass is 10.1. The Morgan fingerprint density at radius 3 is 2.26 bits per heavy atom. The second-order valence-corrected chi connectivity index (χ2v) is 11.7. The SMILES string of the molecule is COC(=O)c1ccc([N+](=O)[O-])c(N[C@@H]2CCN(C(=O)OC(C)(C)C)C2)c1.COC(=O)c1ccc2[nH]c(=O)n([C@@H]3CCNC3)c2c1.Cl. The molecule has 1 aromatic heterocycles. The van der Waals surface area contributed by atoms with Crippen LogP contribution in [0.15, 0.2) is 41.2 Å². The average Bonchev–Trinajstić information content (AvgIpc) is 3.75. The number of aromatic nitrogens is 2. The van der Waals surface area contributed by atoms with E-state index in [9.17, 15) is 29.3 Å². The number of nitro benzene ring substituents is 1. The van der Waals surface area contributed by atoms with E-state index in [1.165, 1.54) is 32.4 Å². The maximum Gasteiger partial charge on any atom is 0.410 e. The fraction of sp³-hybridized carbons (Fsp3) is 0.467. The van der Waals surface area contributed by atoms with Gasteiger partial charge in [0.1, 0.15) is 11.3 Å². The standard InChI is InChI=1S/C17H23N3O6.C13H15N3O3.ClH/c1-17(2,3)26-16(22)19-8-7-12(10-19)18-13-9-11(15(21)25-4)5-6-14(13)20(23)24;1-19-12(17)8-2-3-10-11(6-8)16(13(18)15-10)9-4-5-14-7-9;/h5-6,9,12,18H,7-8,10H2,1-4H3;2-3,6,9,14H,4-5,7H2,1H3,(H,15,18);1H/t12-;9-;/m11./s1. The van der Waals surface area contributed by atoms with E-state index < -0.39 is 28.6 Å². The summed E-state index contributed by atoms with van der Waals surface area (Å²) in [5.74, 6) is -0.976. The van der Waals surface area contributed by atoms with Crippen molar-refractivity contribution in [3.8, 4) is 0 Å². The number of anilines is 1. The fourth-order valence-corrected chi connectivity index (χ4v) is 5.23. The summed E-state index contributed by atoms with van der Waals surface area (Å²) in [4.78, 5) is 62.5. The largest absolute Gasteiger partial charge is 0.465 e. The van der Waals surface area contributed by atoms with Gasteiger partial charge in [0.15, 0.2) is 0 Å². The highest BCUT2D eigenvalue weighted by molar-refractivity contribution is 5.93. The predicted molar refractivity (Wildman–Crippen MR) is 172 cm³/mol. The monoisotopic (exact) mass is 662 g/mol. The van der Waals surface area contributed by atoms with Crippen molar-refractivity contribution in [2.75, 3.05) is 45.7 Å². The number of H-pyrrole nitrogens is 1. The van der Waals surface area contributed by atoms with Crippen molar-refractivity contribution in [3.63, 3.8) is 0 Å². The third-order valence-electron chi connectivity index (χ3n) is 7.35. The number of methoxy groups -OCH3 is 2. The molecule has 0 radical (unpaired) electrons. The second-order valence-electron chi connectivity index (χ2n) is 11.7. The number of nitro groups is 1. The molecule has 46 heavy (non-hydrogen) atoms. The van der Waals surface area contributed by atoms with Gasteiger partial charge in [-0.05, 0) is 70.5 Å². The first-order valence-corrected chi connectivity index (χ1v) is 14.5. The number of benzene rings is 2. The Morgan fingerprint density at radius 2 is 1.67 bits per heavy atom. The molecule has 3 aromatic rings. The number of hydrogen-bond acceptors (Lipinski definition) is 11. The first-order chi connectivity index (χ1) is 21.3. The highest BCUT2D eigenvalue weighted by Gasteiger charge is 2.31. The number of carbonyl (C=O) groups excluding carboxylic acids is 3. The van der Waals surface area contributed by atoms with Crippen LogP contribution in [-0.4, -0.2) is 89.4 Å². The first kappa shape index (κ1) is 35.8. The lowest BCUT2D eigenvalue weighted by Gasteiger charge is -2.24. The minimum absolute atomic E-state index is 0. The summed E-state index contributed by atoms with van der Waals surface area (Å²) in [6.07, 6.45) is 1.10. The van der Waals surface area contributed by atoms with Crippen LogP contribution in [0.3, 0.4) is 0 Å². The molecule has 0 bridgehead atoms. The molecule has 3 N–H and O–H groups in total. The Balaban J connectivity index is 0.000000255. The Kier molecular flexibility index (Phi) is 11.8. The number of nitrogens with zero attached hydrogens (tertiary/aromatic N) is 3. The van der Waals surface area contributed by atoms with Crippen LogP contribution in [0.2, 0.25) is 0 Å². The molecule has 5 rings (SSSR count). The topological polar surface area (TPSA) is 187 Å². The van der Waals surface area contributed by atoms with Gasteiger partial charge in [-0.25, -0.2) is 19.2 Å². The minimum Gasteiger partial charge on any atom is -0.465 e. The molecular weight excluding hydrogens is 624 g/mol. The molecule has 2 aliphatic rings. The van der Waals surface area contributed by atoms with Crippen molar-refractivity contribution >= 4 is 52.8 Å². The highest BCUT2D eigenvalue weighted by Crippen LogP contribution is 2.28. The summed E-state index contributed by atoms with van der Waals surface area (Å²) in [6, 6.07) is 9.04. The van der Waals surface area contributed by atoms with Crippen LogP contribution >= 0.6 is 12.4 Å². The molecule has 0 aliphatic carbocycles. The number of rotatable bonds is 6. The van der Waals surface area contributed by atoms with Crippen LogP contribution in [0, 0.1) is 10.1 Å².